The molecule has 1 heterocycles. The molecule has 7 nitrogen and oxygen atoms in total. The molecule has 0 spiro atoms. The summed E-state index contributed by atoms with van der Waals surface area (Å²) in [6.45, 7) is 9.55. The van der Waals surface area contributed by atoms with Gasteiger partial charge in [0.1, 0.15) is 0 Å². The standard InChI is InChI=1S/C14H28N4O3/c1-11(2)12(10-13(19)20)17-14(21)16-4-3-7-18-8-5-15-6-9-18/h11-12,15H,3-10H2,1-2H3,(H,19,20)(H2,16,17,21). The van der Waals surface area contributed by atoms with Crippen LogP contribution in [0.4, 0.5) is 4.79 Å². The van der Waals surface area contributed by atoms with Crippen LogP contribution in [0.15, 0.2) is 0 Å². The number of nitrogens with one attached hydrogen (secondary N) is 3. The Morgan fingerprint density at radius 3 is 2.52 bits per heavy atom. The van der Waals surface area contributed by atoms with E-state index in [0.717, 1.165) is 39.1 Å². The molecule has 0 radical (unpaired) electrons. The Balaban J connectivity index is 2.15. The highest BCUT2D eigenvalue weighted by atomic mass is 16.4. The van der Waals surface area contributed by atoms with E-state index < -0.39 is 5.97 Å². The van der Waals surface area contributed by atoms with Gasteiger partial charge >= 0.3 is 12.0 Å². The van der Waals surface area contributed by atoms with Crippen molar-refractivity contribution in [1.29, 1.82) is 0 Å². The Hall–Kier alpha value is -1.34. The van der Waals surface area contributed by atoms with Gasteiger partial charge in [0.15, 0.2) is 0 Å². The molecule has 2 amide bonds. The maximum Gasteiger partial charge on any atom is 0.315 e. The minimum Gasteiger partial charge on any atom is -0.481 e. The summed E-state index contributed by atoms with van der Waals surface area (Å²) < 4.78 is 0. The molecule has 0 bridgehead atoms. The quantitative estimate of drug-likeness (QED) is 0.476. The number of nitrogens with zero attached hydrogens (tertiary/aromatic N) is 1. The molecule has 0 aromatic heterocycles. The van der Waals surface area contributed by atoms with E-state index in [1.807, 2.05) is 13.8 Å². The van der Waals surface area contributed by atoms with Gasteiger partial charge in [0.05, 0.1) is 6.42 Å². The number of urea groups is 1. The summed E-state index contributed by atoms with van der Waals surface area (Å²) in [4.78, 5) is 24.9. The summed E-state index contributed by atoms with van der Waals surface area (Å²) >= 11 is 0. The van der Waals surface area contributed by atoms with Crippen LogP contribution in [-0.4, -0.2) is 67.3 Å². The second-order valence-electron chi connectivity index (χ2n) is 5.79. The first-order valence-corrected chi connectivity index (χ1v) is 7.68. The van der Waals surface area contributed by atoms with Crippen molar-refractivity contribution in [2.75, 3.05) is 39.3 Å². The minimum absolute atomic E-state index is 0.0497. The van der Waals surface area contributed by atoms with Crippen LogP contribution in [0, 0.1) is 5.92 Å². The maximum absolute atomic E-state index is 11.8. The molecule has 1 aliphatic heterocycles. The minimum atomic E-state index is -0.896. The number of aliphatic carboxylic acids is 1. The smallest absolute Gasteiger partial charge is 0.315 e. The van der Waals surface area contributed by atoms with Gasteiger partial charge in [-0.15, -0.1) is 0 Å². The van der Waals surface area contributed by atoms with Crippen molar-refractivity contribution >= 4 is 12.0 Å². The average molecular weight is 300 g/mol. The number of carbonyl (C=O) groups excluding carboxylic acids is 1. The van der Waals surface area contributed by atoms with Crippen LogP contribution >= 0.6 is 0 Å². The average Bonchev–Trinajstić information content (AvgIpc) is 2.43. The Kier molecular flexibility index (Phi) is 8.07. The SMILES string of the molecule is CC(C)C(CC(=O)O)NC(=O)NCCCN1CCNCC1. The van der Waals surface area contributed by atoms with E-state index in [-0.39, 0.29) is 24.4 Å². The van der Waals surface area contributed by atoms with Crippen LogP contribution in [0.5, 0.6) is 0 Å². The number of carbonyl (C=O) groups is 2. The second-order valence-corrected chi connectivity index (χ2v) is 5.79. The largest absolute Gasteiger partial charge is 0.481 e. The molecule has 1 rings (SSSR count). The lowest BCUT2D eigenvalue weighted by atomic mass is 10.0. The van der Waals surface area contributed by atoms with Gasteiger partial charge in [-0.1, -0.05) is 13.8 Å². The van der Waals surface area contributed by atoms with Gasteiger partial charge in [-0.3, -0.25) is 4.79 Å². The van der Waals surface area contributed by atoms with Crippen molar-refractivity contribution in [3.05, 3.63) is 0 Å². The van der Waals surface area contributed by atoms with Crippen LogP contribution in [0.1, 0.15) is 26.7 Å². The topological polar surface area (TPSA) is 93.7 Å². The summed E-state index contributed by atoms with van der Waals surface area (Å²) in [5, 5.41) is 17.7. The van der Waals surface area contributed by atoms with Gasteiger partial charge in [0.25, 0.3) is 0 Å². The van der Waals surface area contributed by atoms with Gasteiger partial charge < -0.3 is 26.0 Å². The molecule has 1 aliphatic rings. The van der Waals surface area contributed by atoms with E-state index in [0.29, 0.717) is 6.54 Å². The number of carboxylic acids is 1. The predicted octanol–water partition coefficient (Wildman–Crippen LogP) is 0.0802. The molecule has 0 aromatic rings. The van der Waals surface area contributed by atoms with Gasteiger partial charge in [-0.2, -0.15) is 0 Å². The third-order valence-electron chi connectivity index (χ3n) is 3.66. The Bertz CT molecular complexity index is 330. The fourth-order valence-corrected chi connectivity index (χ4v) is 2.30. The lowest BCUT2D eigenvalue weighted by Gasteiger charge is -2.27. The number of rotatable bonds is 8. The fourth-order valence-electron chi connectivity index (χ4n) is 2.30. The second kappa shape index (κ2) is 9.57. The summed E-state index contributed by atoms with van der Waals surface area (Å²) in [5.74, 6) is -0.805. The normalized spacial score (nSPS) is 17.5. The van der Waals surface area contributed by atoms with Crippen molar-refractivity contribution in [3.63, 3.8) is 0 Å². The van der Waals surface area contributed by atoms with E-state index >= 15 is 0 Å². The molecule has 7 heteroatoms. The zero-order valence-electron chi connectivity index (χ0n) is 13.0. The van der Waals surface area contributed by atoms with Crippen molar-refractivity contribution < 1.29 is 14.7 Å². The zero-order valence-corrected chi connectivity index (χ0v) is 13.0. The first kappa shape index (κ1) is 17.7. The Morgan fingerprint density at radius 1 is 1.29 bits per heavy atom. The van der Waals surface area contributed by atoms with Crippen molar-refractivity contribution in [1.82, 2.24) is 20.9 Å². The third-order valence-corrected chi connectivity index (χ3v) is 3.66. The summed E-state index contributed by atoms with van der Waals surface area (Å²) in [5.41, 5.74) is 0. The fraction of sp³-hybridized carbons (Fsp3) is 0.857. The number of hydrogen-bond donors (Lipinski definition) is 4. The van der Waals surface area contributed by atoms with Crippen molar-refractivity contribution in [2.45, 2.75) is 32.7 Å². The molecule has 122 valence electrons. The van der Waals surface area contributed by atoms with Crippen molar-refractivity contribution in [2.24, 2.45) is 5.92 Å². The first-order valence-electron chi connectivity index (χ1n) is 7.68. The number of hydrogen-bond acceptors (Lipinski definition) is 4. The van der Waals surface area contributed by atoms with Gasteiger partial charge in [0.2, 0.25) is 0 Å². The Labute approximate surface area is 126 Å². The lowest BCUT2D eigenvalue weighted by molar-refractivity contribution is -0.137. The predicted molar refractivity (Wildman–Crippen MR) is 81.3 cm³/mol. The van der Waals surface area contributed by atoms with Crippen LogP contribution in [0.2, 0.25) is 0 Å². The highest BCUT2D eigenvalue weighted by Gasteiger charge is 2.19. The van der Waals surface area contributed by atoms with Crippen LogP contribution in [0.25, 0.3) is 0 Å². The molecule has 1 saturated heterocycles. The first-order chi connectivity index (χ1) is 9.99. The molecule has 1 unspecified atom stereocenters. The molecule has 1 atom stereocenters. The maximum atomic E-state index is 11.8. The zero-order chi connectivity index (χ0) is 15.7. The van der Waals surface area contributed by atoms with Gasteiger partial charge in [-0.05, 0) is 18.9 Å². The van der Waals surface area contributed by atoms with E-state index in [1.54, 1.807) is 0 Å². The number of carboxylic acid groups (broad SMARTS) is 1. The van der Waals surface area contributed by atoms with Crippen molar-refractivity contribution in [3.8, 4) is 0 Å². The van der Waals surface area contributed by atoms with Gasteiger partial charge in [0, 0.05) is 38.8 Å². The van der Waals surface area contributed by atoms with E-state index in [9.17, 15) is 9.59 Å². The number of piperazine rings is 1. The Morgan fingerprint density at radius 2 is 1.95 bits per heavy atom. The van der Waals surface area contributed by atoms with Crippen LogP contribution in [-0.2, 0) is 4.79 Å². The molecule has 0 aromatic carbocycles. The summed E-state index contributed by atoms with van der Waals surface area (Å²) in [6.07, 6.45) is 0.852. The molecule has 1 fully saturated rings. The molecular weight excluding hydrogens is 272 g/mol. The third kappa shape index (κ3) is 7.87. The molecule has 21 heavy (non-hydrogen) atoms. The summed E-state index contributed by atoms with van der Waals surface area (Å²) in [6, 6.07) is -0.620. The van der Waals surface area contributed by atoms with Crippen LogP contribution < -0.4 is 16.0 Å². The van der Waals surface area contributed by atoms with Gasteiger partial charge in [-0.25, -0.2) is 4.79 Å². The molecule has 4 N–H and O–H groups in total. The number of amides is 2. The highest BCUT2D eigenvalue weighted by molar-refractivity contribution is 5.75. The van der Waals surface area contributed by atoms with E-state index in [1.165, 1.54) is 0 Å². The lowest BCUT2D eigenvalue weighted by Crippen LogP contribution is -2.47. The van der Waals surface area contributed by atoms with E-state index in [2.05, 4.69) is 20.9 Å². The monoisotopic (exact) mass is 300 g/mol. The molecule has 0 saturated carbocycles. The molecular formula is C14H28N4O3. The highest BCUT2D eigenvalue weighted by Crippen LogP contribution is 2.05. The van der Waals surface area contributed by atoms with E-state index in [4.69, 9.17) is 5.11 Å². The molecule has 0 aliphatic carbocycles. The summed E-state index contributed by atoms with van der Waals surface area (Å²) in [7, 11) is 0. The van der Waals surface area contributed by atoms with Crippen LogP contribution in [0.3, 0.4) is 0 Å².